The first-order valence-corrected chi connectivity index (χ1v) is 16.4. The third-order valence-electron chi connectivity index (χ3n) is 13.0. The van der Waals surface area contributed by atoms with Crippen molar-refractivity contribution in [2.45, 2.75) is 109 Å². The van der Waals surface area contributed by atoms with Gasteiger partial charge in [0.2, 0.25) is 0 Å². The van der Waals surface area contributed by atoms with Crippen LogP contribution in [0.3, 0.4) is 0 Å². The average molecular weight is 553 g/mol. The molecule has 41 heavy (non-hydrogen) atoms. The molecule has 3 saturated carbocycles. The Kier molecular flexibility index (Phi) is 6.58. The maximum Gasteiger partial charge on any atom is 0.302 e. The normalized spacial score (nSPS) is 41.1. The second-order valence-electron chi connectivity index (χ2n) is 14.9. The summed E-state index contributed by atoms with van der Waals surface area (Å²) in [6.07, 6.45) is 14.3. The molecule has 3 heteroatoms. The van der Waals surface area contributed by atoms with E-state index in [9.17, 15) is 4.79 Å². The number of hydrogen-bond donors (Lipinski definition) is 0. The summed E-state index contributed by atoms with van der Waals surface area (Å²) in [5, 5.41) is 0. The van der Waals surface area contributed by atoms with Crippen LogP contribution >= 0.6 is 0 Å². The van der Waals surface area contributed by atoms with Gasteiger partial charge in [-0.15, -0.1) is 0 Å². The Morgan fingerprint density at radius 2 is 1.49 bits per heavy atom. The molecule has 5 aliphatic rings. The SMILES string of the molecule is CC(=O)O[C@@H]1CC[C@@]2(C)C(=CC[C@@H]3[C@H]4CC[C@H]([C@@]5(C)CCC(c6ccccc6)(c6ccccc6)O5)[C@@]4(C)CC[C@H]32)C1. The van der Waals surface area contributed by atoms with Gasteiger partial charge in [0.1, 0.15) is 11.7 Å². The summed E-state index contributed by atoms with van der Waals surface area (Å²) in [4.78, 5) is 11.7. The van der Waals surface area contributed by atoms with E-state index in [4.69, 9.17) is 9.47 Å². The average Bonchev–Trinajstić information content (AvgIpc) is 3.53. The molecule has 0 radical (unpaired) electrons. The molecule has 0 spiro atoms. The van der Waals surface area contributed by atoms with Crippen molar-refractivity contribution in [3.05, 3.63) is 83.4 Å². The van der Waals surface area contributed by atoms with E-state index >= 15 is 0 Å². The number of ether oxygens (including phenoxy) is 2. The number of carbonyl (C=O) groups is 1. The topological polar surface area (TPSA) is 35.5 Å². The van der Waals surface area contributed by atoms with E-state index in [-0.39, 0.29) is 28.7 Å². The van der Waals surface area contributed by atoms with Crippen LogP contribution in [0.1, 0.15) is 103 Å². The molecule has 0 bridgehead atoms. The molecule has 1 aliphatic heterocycles. The summed E-state index contributed by atoms with van der Waals surface area (Å²) in [5.41, 5.74) is 4.24. The lowest BCUT2D eigenvalue weighted by Crippen LogP contribution is -2.53. The fraction of sp³-hybridized carbons (Fsp3) is 0.605. The van der Waals surface area contributed by atoms with Gasteiger partial charge in [0.15, 0.2) is 0 Å². The summed E-state index contributed by atoms with van der Waals surface area (Å²) < 4.78 is 13.2. The largest absolute Gasteiger partial charge is 0.462 e. The molecule has 2 aromatic rings. The van der Waals surface area contributed by atoms with Crippen molar-refractivity contribution in [3.63, 3.8) is 0 Å². The molecule has 4 fully saturated rings. The number of rotatable bonds is 4. The Labute approximate surface area is 247 Å². The molecule has 0 aromatic heterocycles. The number of carbonyl (C=O) groups excluding carboxylic acids is 1. The Morgan fingerprint density at radius 1 is 0.805 bits per heavy atom. The van der Waals surface area contributed by atoms with Crippen molar-refractivity contribution in [1.29, 1.82) is 0 Å². The minimum atomic E-state index is -0.376. The van der Waals surface area contributed by atoms with E-state index in [1.54, 1.807) is 12.5 Å². The van der Waals surface area contributed by atoms with Crippen LogP contribution in [0, 0.1) is 34.5 Å². The van der Waals surface area contributed by atoms with Crippen LogP contribution in [0.5, 0.6) is 0 Å². The van der Waals surface area contributed by atoms with Crippen molar-refractivity contribution in [2.24, 2.45) is 34.5 Å². The van der Waals surface area contributed by atoms with E-state index in [0.29, 0.717) is 11.3 Å². The van der Waals surface area contributed by atoms with Gasteiger partial charge in [-0.3, -0.25) is 4.79 Å². The quantitative estimate of drug-likeness (QED) is 0.280. The van der Waals surface area contributed by atoms with Crippen LogP contribution in [0.25, 0.3) is 0 Å². The van der Waals surface area contributed by atoms with Gasteiger partial charge < -0.3 is 9.47 Å². The molecule has 2 aromatic carbocycles. The molecule has 3 nitrogen and oxygen atoms in total. The van der Waals surface area contributed by atoms with Crippen LogP contribution in [-0.4, -0.2) is 17.7 Å². The number of esters is 1. The molecule has 4 aliphatic carbocycles. The second-order valence-corrected chi connectivity index (χ2v) is 14.9. The van der Waals surface area contributed by atoms with Crippen LogP contribution in [-0.2, 0) is 19.9 Å². The standard InChI is InChI=1S/C38H48O3/c1-26(39)40-30-19-21-35(2)29(25-30)15-16-31-32-17-18-34(36(32,3)22-20-33(31)35)37(4)23-24-38(41-37,27-11-7-5-8-12-27)28-13-9-6-10-14-28/h5-15,30-34H,16-25H2,1-4H3/t30-,31-,32-,33-,34+,35+,36+,37-/m1/s1. The fourth-order valence-electron chi connectivity index (χ4n) is 11.1. The van der Waals surface area contributed by atoms with Gasteiger partial charge in [0, 0.05) is 13.3 Å². The Hall–Kier alpha value is -2.39. The Morgan fingerprint density at radius 3 is 2.15 bits per heavy atom. The number of fused-ring (bicyclic) bond motifs is 5. The van der Waals surface area contributed by atoms with E-state index < -0.39 is 0 Å². The monoisotopic (exact) mass is 552 g/mol. The molecule has 8 atom stereocenters. The fourth-order valence-corrected chi connectivity index (χ4v) is 11.1. The van der Waals surface area contributed by atoms with E-state index in [1.165, 1.54) is 43.2 Å². The number of allylic oxidation sites excluding steroid dienone is 1. The lowest BCUT2D eigenvalue weighted by atomic mass is 9.46. The van der Waals surface area contributed by atoms with Crippen LogP contribution in [0.15, 0.2) is 72.3 Å². The van der Waals surface area contributed by atoms with Gasteiger partial charge >= 0.3 is 5.97 Å². The maximum atomic E-state index is 11.7. The Bertz CT molecular complexity index is 1280. The highest BCUT2D eigenvalue weighted by atomic mass is 16.5. The first kappa shape index (κ1) is 27.4. The third-order valence-corrected chi connectivity index (χ3v) is 13.0. The van der Waals surface area contributed by atoms with Crippen LogP contribution < -0.4 is 0 Å². The molecule has 0 unspecified atom stereocenters. The number of benzene rings is 2. The molecule has 1 saturated heterocycles. The zero-order valence-corrected chi connectivity index (χ0v) is 25.5. The molecular weight excluding hydrogens is 504 g/mol. The number of hydrogen-bond acceptors (Lipinski definition) is 3. The first-order chi connectivity index (χ1) is 19.7. The van der Waals surface area contributed by atoms with Gasteiger partial charge in [-0.2, -0.15) is 0 Å². The van der Waals surface area contributed by atoms with E-state index in [2.05, 4.69) is 87.5 Å². The van der Waals surface area contributed by atoms with Crippen molar-refractivity contribution in [1.82, 2.24) is 0 Å². The molecule has 0 amide bonds. The summed E-state index contributed by atoms with van der Waals surface area (Å²) in [5.74, 6) is 2.71. The summed E-state index contributed by atoms with van der Waals surface area (Å²) in [6.45, 7) is 9.20. The maximum absolute atomic E-state index is 11.7. The van der Waals surface area contributed by atoms with Gasteiger partial charge in [-0.25, -0.2) is 0 Å². The third kappa shape index (κ3) is 4.20. The highest BCUT2D eigenvalue weighted by Crippen LogP contribution is 2.69. The first-order valence-electron chi connectivity index (χ1n) is 16.4. The van der Waals surface area contributed by atoms with E-state index in [1.807, 2.05) is 0 Å². The molecule has 7 rings (SSSR count). The van der Waals surface area contributed by atoms with E-state index in [0.717, 1.165) is 49.9 Å². The zero-order valence-electron chi connectivity index (χ0n) is 25.5. The Balaban J connectivity index is 1.17. The lowest BCUT2D eigenvalue weighted by molar-refractivity contribution is -0.153. The molecule has 1 heterocycles. The summed E-state index contributed by atoms with van der Waals surface area (Å²) >= 11 is 0. The van der Waals surface area contributed by atoms with Crippen molar-refractivity contribution >= 4 is 5.97 Å². The van der Waals surface area contributed by atoms with Crippen molar-refractivity contribution < 1.29 is 14.3 Å². The van der Waals surface area contributed by atoms with Gasteiger partial charge in [-0.05, 0) is 110 Å². The minimum absolute atomic E-state index is 0.0713. The minimum Gasteiger partial charge on any atom is -0.462 e. The van der Waals surface area contributed by atoms with Crippen molar-refractivity contribution in [2.75, 3.05) is 0 Å². The smallest absolute Gasteiger partial charge is 0.302 e. The summed E-state index contributed by atoms with van der Waals surface area (Å²) in [6, 6.07) is 22.0. The van der Waals surface area contributed by atoms with Crippen LogP contribution in [0.4, 0.5) is 0 Å². The van der Waals surface area contributed by atoms with Crippen LogP contribution in [0.2, 0.25) is 0 Å². The highest BCUT2D eigenvalue weighted by Gasteiger charge is 2.64. The second kappa shape index (κ2) is 9.83. The van der Waals surface area contributed by atoms with Gasteiger partial charge in [0.05, 0.1) is 5.60 Å². The highest BCUT2D eigenvalue weighted by molar-refractivity contribution is 5.66. The molecular formula is C38H48O3. The predicted octanol–water partition coefficient (Wildman–Crippen LogP) is 9.01. The summed E-state index contributed by atoms with van der Waals surface area (Å²) in [7, 11) is 0. The predicted molar refractivity (Wildman–Crippen MR) is 163 cm³/mol. The lowest BCUT2D eigenvalue weighted by Gasteiger charge is -2.59. The van der Waals surface area contributed by atoms with Gasteiger partial charge in [-0.1, -0.05) is 86.2 Å². The van der Waals surface area contributed by atoms with Gasteiger partial charge in [0.25, 0.3) is 0 Å². The van der Waals surface area contributed by atoms with Crippen molar-refractivity contribution in [3.8, 4) is 0 Å². The molecule has 218 valence electrons. The zero-order chi connectivity index (χ0) is 28.5. The molecule has 0 N–H and O–H groups in total.